The van der Waals surface area contributed by atoms with Gasteiger partial charge in [0.15, 0.2) is 10.8 Å². The summed E-state index contributed by atoms with van der Waals surface area (Å²) in [4.78, 5) is 36.0. The van der Waals surface area contributed by atoms with Crippen molar-refractivity contribution in [3.05, 3.63) is 46.0 Å². The standard InChI is InChI=1S/C19H23N5O2S/c1-5-23(6-2)19-22-17-16(27-19)18(26)24(11-20-17)10-14(25)21-15-12(3)8-7-9-13(15)4/h7-9,11H,5-6,10H2,1-4H3,(H,21,25). The molecule has 2 aromatic heterocycles. The van der Waals surface area contributed by atoms with Crippen molar-refractivity contribution in [3.63, 3.8) is 0 Å². The molecule has 0 aliphatic carbocycles. The Morgan fingerprint density at radius 3 is 2.52 bits per heavy atom. The Labute approximate surface area is 161 Å². The van der Waals surface area contributed by atoms with Crippen molar-refractivity contribution >= 4 is 38.4 Å². The van der Waals surface area contributed by atoms with Crippen molar-refractivity contribution in [1.82, 2.24) is 14.5 Å². The normalized spacial score (nSPS) is 11.0. The number of thiazole rings is 1. The first-order chi connectivity index (χ1) is 12.9. The largest absolute Gasteiger partial charge is 0.349 e. The third kappa shape index (κ3) is 3.85. The quantitative estimate of drug-likeness (QED) is 0.706. The van der Waals surface area contributed by atoms with Crippen LogP contribution in [0.1, 0.15) is 25.0 Å². The van der Waals surface area contributed by atoms with Crippen molar-refractivity contribution in [1.29, 1.82) is 0 Å². The summed E-state index contributed by atoms with van der Waals surface area (Å²) in [5.74, 6) is -0.260. The highest BCUT2D eigenvalue weighted by Gasteiger charge is 2.16. The lowest BCUT2D eigenvalue weighted by molar-refractivity contribution is -0.116. The molecule has 3 rings (SSSR count). The molecule has 0 radical (unpaired) electrons. The molecule has 2 heterocycles. The van der Waals surface area contributed by atoms with E-state index in [4.69, 9.17) is 0 Å². The van der Waals surface area contributed by atoms with E-state index >= 15 is 0 Å². The van der Waals surface area contributed by atoms with Crippen LogP contribution in [0.4, 0.5) is 10.8 Å². The highest BCUT2D eigenvalue weighted by molar-refractivity contribution is 7.22. The van der Waals surface area contributed by atoms with Gasteiger partial charge < -0.3 is 10.2 Å². The van der Waals surface area contributed by atoms with Crippen LogP contribution < -0.4 is 15.8 Å². The topological polar surface area (TPSA) is 80.1 Å². The highest BCUT2D eigenvalue weighted by atomic mass is 32.1. The van der Waals surface area contributed by atoms with Gasteiger partial charge in [0, 0.05) is 18.8 Å². The number of aromatic nitrogens is 3. The molecule has 0 aliphatic rings. The molecule has 0 aliphatic heterocycles. The number of anilines is 2. The zero-order valence-electron chi connectivity index (χ0n) is 15.9. The number of hydrogen-bond acceptors (Lipinski definition) is 6. The first kappa shape index (κ1) is 19.0. The summed E-state index contributed by atoms with van der Waals surface area (Å²) >= 11 is 1.32. The van der Waals surface area contributed by atoms with Crippen LogP contribution in [0.2, 0.25) is 0 Å². The summed E-state index contributed by atoms with van der Waals surface area (Å²) in [7, 11) is 0. The average molecular weight is 385 g/mol. The van der Waals surface area contributed by atoms with E-state index in [-0.39, 0.29) is 18.0 Å². The van der Waals surface area contributed by atoms with Gasteiger partial charge in [0.2, 0.25) is 5.91 Å². The second-order valence-corrected chi connectivity index (χ2v) is 7.29. The number of para-hydroxylation sites is 1. The van der Waals surface area contributed by atoms with E-state index < -0.39 is 0 Å². The molecule has 1 amide bonds. The van der Waals surface area contributed by atoms with E-state index in [2.05, 4.69) is 20.2 Å². The molecule has 0 fully saturated rings. The molecule has 1 N–H and O–H groups in total. The van der Waals surface area contributed by atoms with Crippen LogP contribution in [-0.2, 0) is 11.3 Å². The predicted molar refractivity (Wildman–Crippen MR) is 110 cm³/mol. The Morgan fingerprint density at radius 1 is 1.22 bits per heavy atom. The third-order valence-corrected chi connectivity index (χ3v) is 5.56. The fraction of sp³-hybridized carbons (Fsp3) is 0.368. The van der Waals surface area contributed by atoms with Gasteiger partial charge in [-0.3, -0.25) is 14.2 Å². The number of nitrogens with zero attached hydrogens (tertiary/aromatic N) is 4. The van der Waals surface area contributed by atoms with Gasteiger partial charge in [-0.15, -0.1) is 0 Å². The van der Waals surface area contributed by atoms with Crippen molar-refractivity contribution < 1.29 is 4.79 Å². The van der Waals surface area contributed by atoms with Crippen molar-refractivity contribution in [2.24, 2.45) is 0 Å². The molecule has 1 aromatic carbocycles. The zero-order chi connectivity index (χ0) is 19.6. The molecule has 7 nitrogen and oxygen atoms in total. The second kappa shape index (κ2) is 7.87. The molecule has 8 heteroatoms. The van der Waals surface area contributed by atoms with Crippen LogP contribution in [0.25, 0.3) is 10.3 Å². The van der Waals surface area contributed by atoms with Gasteiger partial charge >= 0.3 is 0 Å². The first-order valence-electron chi connectivity index (χ1n) is 8.91. The Hall–Kier alpha value is -2.74. The van der Waals surface area contributed by atoms with Crippen LogP contribution in [0.15, 0.2) is 29.3 Å². The number of carbonyl (C=O) groups is 1. The Bertz CT molecular complexity index is 1020. The van der Waals surface area contributed by atoms with Crippen molar-refractivity contribution in [2.45, 2.75) is 34.2 Å². The maximum Gasteiger partial charge on any atom is 0.273 e. The number of hydrogen-bond donors (Lipinski definition) is 1. The van der Waals surface area contributed by atoms with Gasteiger partial charge in [-0.2, -0.15) is 4.98 Å². The van der Waals surface area contributed by atoms with E-state index in [1.165, 1.54) is 22.2 Å². The van der Waals surface area contributed by atoms with Gasteiger partial charge in [-0.05, 0) is 38.8 Å². The number of carbonyl (C=O) groups excluding carboxylic acids is 1. The number of rotatable bonds is 6. The lowest BCUT2D eigenvalue weighted by Gasteiger charge is -2.15. The minimum Gasteiger partial charge on any atom is -0.349 e. The van der Waals surface area contributed by atoms with Gasteiger partial charge in [-0.25, -0.2) is 4.98 Å². The first-order valence-corrected chi connectivity index (χ1v) is 9.73. The van der Waals surface area contributed by atoms with Gasteiger partial charge in [-0.1, -0.05) is 29.5 Å². The molecule has 0 spiro atoms. The van der Waals surface area contributed by atoms with Crippen LogP contribution in [0.3, 0.4) is 0 Å². The Balaban J connectivity index is 1.86. The van der Waals surface area contributed by atoms with E-state index in [0.29, 0.717) is 10.3 Å². The van der Waals surface area contributed by atoms with Crippen LogP contribution in [0.5, 0.6) is 0 Å². The van der Waals surface area contributed by atoms with E-state index in [1.807, 2.05) is 45.9 Å². The monoisotopic (exact) mass is 385 g/mol. The third-order valence-electron chi connectivity index (χ3n) is 4.47. The van der Waals surface area contributed by atoms with Gasteiger partial charge in [0.25, 0.3) is 5.56 Å². The molecule has 0 saturated heterocycles. The lowest BCUT2D eigenvalue weighted by Crippen LogP contribution is -2.27. The zero-order valence-corrected chi connectivity index (χ0v) is 16.8. The van der Waals surface area contributed by atoms with Crippen LogP contribution in [0, 0.1) is 13.8 Å². The SMILES string of the molecule is CCN(CC)c1nc2ncn(CC(=O)Nc3c(C)cccc3C)c(=O)c2s1. The van der Waals surface area contributed by atoms with E-state index in [1.54, 1.807) is 0 Å². The number of benzene rings is 1. The molecule has 3 aromatic rings. The minimum absolute atomic E-state index is 0.0892. The van der Waals surface area contributed by atoms with Crippen LogP contribution in [-0.4, -0.2) is 33.5 Å². The number of amides is 1. The predicted octanol–water partition coefficient (Wildman–Crippen LogP) is 2.95. The molecule has 0 bridgehead atoms. The number of nitrogens with one attached hydrogen (secondary N) is 1. The van der Waals surface area contributed by atoms with Crippen molar-refractivity contribution in [2.75, 3.05) is 23.3 Å². The second-order valence-electron chi connectivity index (χ2n) is 6.31. The number of aryl methyl sites for hydroxylation is 2. The molecule has 27 heavy (non-hydrogen) atoms. The fourth-order valence-electron chi connectivity index (χ4n) is 2.92. The van der Waals surface area contributed by atoms with E-state index in [0.717, 1.165) is 35.0 Å². The molecular weight excluding hydrogens is 362 g/mol. The highest BCUT2D eigenvalue weighted by Crippen LogP contribution is 2.25. The molecule has 0 atom stereocenters. The molecule has 142 valence electrons. The lowest BCUT2D eigenvalue weighted by atomic mass is 10.1. The average Bonchev–Trinajstić information content (AvgIpc) is 3.07. The van der Waals surface area contributed by atoms with Gasteiger partial charge in [0.1, 0.15) is 17.6 Å². The summed E-state index contributed by atoms with van der Waals surface area (Å²) in [5.41, 5.74) is 2.93. The summed E-state index contributed by atoms with van der Waals surface area (Å²) in [6.07, 6.45) is 1.39. The summed E-state index contributed by atoms with van der Waals surface area (Å²) in [5, 5.41) is 3.67. The Kier molecular flexibility index (Phi) is 5.55. The van der Waals surface area contributed by atoms with Gasteiger partial charge in [0.05, 0.1) is 0 Å². The summed E-state index contributed by atoms with van der Waals surface area (Å²) in [6.45, 7) is 9.49. The summed E-state index contributed by atoms with van der Waals surface area (Å²) in [6, 6.07) is 5.82. The minimum atomic E-state index is -0.260. The molecule has 0 unspecified atom stereocenters. The molecular formula is C19H23N5O2S. The van der Waals surface area contributed by atoms with Crippen LogP contribution >= 0.6 is 11.3 Å². The number of fused-ring (bicyclic) bond motifs is 1. The Morgan fingerprint density at radius 2 is 1.89 bits per heavy atom. The van der Waals surface area contributed by atoms with Crippen molar-refractivity contribution in [3.8, 4) is 0 Å². The molecule has 0 saturated carbocycles. The smallest absolute Gasteiger partial charge is 0.273 e. The fourth-order valence-corrected chi connectivity index (χ4v) is 4.02. The van der Waals surface area contributed by atoms with E-state index in [9.17, 15) is 9.59 Å². The maximum absolute atomic E-state index is 12.8. The summed E-state index contributed by atoms with van der Waals surface area (Å²) < 4.78 is 1.80. The maximum atomic E-state index is 12.8.